The van der Waals surface area contributed by atoms with Gasteiger partial charge in [0.2, 0.25) is 0 Å². The molecular formula is C13H24N2S. The van der Waals surface area contributed by atoms with Crippen LogP contribution in [0.2, 0.25) is 0 Å². The van der Waals surface area contributed by atoms with Crippen LogP contribution in [0.3, 0.4) is 0 Å². The van der Waals surface area contributed by atoms with Crippen LogP contribution in [-0.4, -0.2) is 17.6 Å². The van der Waals surface area contributed by atoms with Gasteiger partial charge in [-0.3, -0.25) is 4.98 Å². The van der Waals surface area contributed by atoms with E-state index in [0.717, 1.165) is 18.4 Å². The Balaban J connectivity index is 2.43. The van der Waals surface area contributed by atoms with Crippen molar-refractivity contribution in [2.45, 2.75) is 46.6 Å². The number of hydrogen-bond donors (Lipinski definition) is 1. The lowest BCUT2D eigenvalue weighted by Gasteiger charge is -2.20. The van der Waals surface area contributed by atoms with Crippen molar-refractivity contribution in [3.63, 3.8) is 0 Å². The van der Waals surface area contributed by atoms with Gasteiger partial charge in [0, 0.05) is 17.1 Å². The molecule has 3 heteroatoms. The van der Waals surface area contributed by atoms with Crippen LogP contribution < -0.4 is 5.32 Å². The number of nitrogens with zero attached hydrogens (tertiary/aromatic N) is 1. The average Bonchev–Trinajstić information content (AvgIpc) is 2.66. The van der Waals surface area contributed by atoms with Crippen molar-refractivity contribution in [1.82, 2.24) is 10.3 Å². The van der Waals surface area contributed by atoms with Crippen LogP contribution in [0.5, 0.6) is 0 Å². The molecule has 1 unspecified atom stereocenters. The zero-order valence-electron chi connectivity index (χ0n) is 10.9. The predicted molar refractivity (Wildman–Crippen MR) is 71.9 cm³/mol. The van der Waals surface area contributed by atoms with Gasteiger partial charge in [0.1, 0.15) is 0 Å². The van der Waals surface area contributed by atoms with E-state index >= 15 is 0 Å². The molecule has 0 amide bonds. The second-order valence-corrected chi connectivity index (χ2v) is 6.20. The Morgan fingerprint density at radius 2 is 2.06 bits per heavy atom. The van der Waals surface area contributed by atoms with Gasteiger partial charge in [-0.1, -0.05) is 27.7 Å². The van der Waals surface area contributed by atoms with Crippen molar-refractivity contribution in [2.75, 3.05) is 6.54 Å². The molecule has 92 valence electrons. The SMILES string of the molecule is CC(C)CC(CNC(C)C)Cc1cncs1. The maximum atomic E-state index is 4.15. The molecule has 1 N–H and O–H groups in total. The quantitative estimate of drug-likeness (QED) is 0.790. The average molecular weight is 240 g/mol. The summed E-state index contributed by atoms with van der Waals surface area (Å²) in [6.45, 7) is 10.1. The van der Waals surface area contributed by atoms with Gasteiger partial charge in [0.15, 0.2) is 0 Å². The summed E-state index contributed by atoms with van der Waals surface area (Å²) in [5.74, 6) is 1.51. The zero-order valence-corrected chi connectivity index (χ0v) is 11.7. The van der Waals surface area contributed by atoms with E-state index < -0.39 is 0 Å². The molecule has 1 rings (SSSR count). The number of hydrogen-bond acceptors (Lipinski definition) is 3. The lowest BCUT2D eigenvalue weighted by molar-refractivity contribution is 0.374. The molecule has 0 aliphatic rings. The Morgan fingerprint density at radius 1 is 1.31 bits per heavy atom. The Bertz CT molecular complexity index is 267. The van der Waals surface area contributed by atoms with Crippen LogP contribution in [0.1, 0.15) is 39.0 Å². The van der Waals surface area contributed by atoms with Crippen LogP contribution in [0.25, 0.3) is 0 Å². The largest absolute Gasteiger partial charge is 0.314 e. The van der Waals surface area contributed by atoms with Gasteiger partial charge in [0.05, 0.1) is 5.51 Å². The van der Waals surface area contributed by atoms with Gasteiger partial charge < -0.3 is 5.32 Å². The first-order valence-electron chi connectivity index (χ1n) is 6.18. The molecule has 0 radical (unpaired) electrons. The van der Waals surface area contributed by atoms with Crippen molar-refractivity contribution in [3.05, 3.63) is 16.6 Å². The van der Waals surface area contributed by atoms with Gasteiger partial charge in [-0.05, 0) is 31.2 Å². The summed E-state index contributed by atoms with van der Waals surface area (Å²) in [4.78, 5) is 5.56. The molecule has 0 bridgehead atoms. The van der Waals surface area contributed by atoms with Gasteiger partial charge in [-0.25, -0.2) is 0 Å². The molecule has 1 heterocycles. The third-order valence-corrected chi connectivity index (χ3v) is 3.39. The first-order valence-corrected chi connectivity index (χ1v) is 7.06. The molecule has 0 spiro atoms. The molecule has 0 aliphatic carbocycles. The topological polar surface area (TPSA) is 24.9 Å². The van der Waals surface area contributed by atoms with E-state index in [1.54, 1.807) is 11.3 Å². The highest BCUT2D eigenvalue weighted by Crippen LogP contribution is 2.19. The van der Waals surface area contributed by atoms with Crippen LogP contribution >= 0.6 is 11.3 Å². The Morgan fingerprint density at radius 3 is 2.56 bits per heavy atom. The van der Waals surface area contributed by atoms with Gasteiger partial charge >= 0.3 is 0 Å². The molecule has 1 aromatic heterocycles. The summed E-state index contributed by atoms with van der Waals surface area (Å²) in [7, 11) is 0. The van der Waals surface area contributed by atoms with Crippen LogP contribution in [0.4, 0.5) is 0 Å². The molecule has 0 aliphatic heterocycles. The summed E-state index contributed by atoms with van der Waals surface area (Å²) >= 11 is 1.77. The number of thiazole rings is 1. The molecular weight excluding hydrogens is 216 g/mol. The molecule has 2 nitrogen and oxygen atoms in total. The van der Waals surface area contributed by atoms with E-state index in [1.807, 2.05) is 11.7 Å². The first kappa shape index (κ1) is 13.7. The Kier molecular flexibility index (Phi) is 5.99. The minimum atomic E-state index is 0.580. The lowest BCUT2D eigenvalue weighted by atomic mass is 9.93. The zero-order chi connectivity index (χ0) is 12.0. The molecule has 1 atom stereocenters. The maximum Gasteiger partial charge on any atom is 0.0794 e. The molecule has 16 heavy (non-hydrogen) atoms. The third kappa shape index (κ3) is 5.61. The molecule has 0 saturated heterocycles. The molecule has 1 aromatic rings. The highest BCUT2D eigenvalue weighted by molar-refractivity contribution is 7.09. The Hall–Kier alpha value is -0.410. The van der Waals surface area contributed by atoms with E-state index in [-0.39, 0.29) is 0 Å². The van der Waals surface area contributed by atoms with E-state index in [2.05, 4.69) is 38.0 Å². The standard InChI is InChI=1S/C13H24N2S/c1-10(2)5-12(7-15-11(3)4)6-13-8-14-9-16-13/h8-12,15H,5-7H2,1-4H3. The summed E-state index contributed by atoms with van der Waals surface area (Å²) < 4.78 is 0. The van der Waals surface area contributed by atoms with E-state index in [0.29, 0.717) is 6.04 Å². The van der Waals surface area contributed by atoms with Gasteiger partial charge in [-0.15, -0.1) is 11.3 Å². The third-order valence-electron chi connectivity index (χ3n) is 2.59. The fraction of sp³-hybridized carbons (Fsp3) is 0.769. The van der Waals surface area contributed by atoms with Crippen LogP contribution in [0.15, 0.2) is 11.7 Å². The number of nitrogens with one attached hydrogen (secondary N) is 1. The predicted octanol–water partition coefficient (Wildman–Crippen LogP) is 3.35. The lowest BCUT2D eigenvalue weighted by Crippen LogP contribution is -2.30. The van der Waals surface area contributed by atoms with Gasteiger partial charge in [-0.2, -0.15) is 0 Å². The normalized spacial score (nSPS) is 13.6. The highest BCUT2D eigenvalue weighted by atomic mass is 32.1. The van der Waals surface area contributed by atoms with E-state index in [4.69, 9.17) is 0 Å². The highest BCUT2D eigenvalue weighted by Gasteiger charge is 2.13. The van der Waals surface area contributed by atoms with E-state index in [9.17, 15) is 0 Å². The van der Waals surface area contributed by atoms with Crippen LogP contribution in [0, 0.1) is 11.8 Å². The van der Waals surface area contributed by atoms with Crippen LogP contribution in [-0.2, 0) is 6.42 Å². The second-order valence-electron chi connectivity index (χ2n) is 5.23. The van der Waals surface area contributed by atoms with Crippen molar-refractivity contribution in [3.8, 4) is 0 Å². The van der Waals surface area contributed by atoms with Crippen molar-refractivity contribution < 1.29 is 0 Å². The fourth-order valence-corrected chi connectivity index (χ4v) is 2.65. The summed E-state index contributed by atoms with van der Waals surface area (Å²) in [6, 6.07) is 0.580. The molecule has 0 aromatic carbocycles. The smallest absolute Gasteiger partial charge is 0.0794 e. The minimum Gasteiger partial charge on any atom is -0.314 e. The second kappa shape index (κ2) is 7.02. The maximum absolute atomic E-state index is 4.15. The number of aromatic nitrogens is 1. The fourth-order valence-electron chi connectivity index (χ4n) is 1.94. The summed E-state index contributed by atoms with van der Waals surface area (Å²) in [6.07, 6.45) is 4.47. The van der Waals surface area contributed by atoms with Gasteiger partial charge in [0.25, 0.3) is 0 Å². The summed E-state index contributed by atoms with van der Waals surface area (Å²) in [5.41, 5.74) is 1.93. The first-order chi connectivity index (χ1) is 7.58. The van der Waals surface area contributed by atoms with Crippen molar-refractivity contribution in [1.29, 1.82) is 0 Å². The minimum absolute atomic E-state index is 0.580. The van der Waals surface area contributed by atoms with Crippen molar-refractivity contribution in [2.24, 2.45) is 11.8 Å². The monoisotopic (exact) mass is 240 g/mol. The Labute approximate surface area is 103 Å². The van der Waals surface area contributed by atoms with Crippen molar-refractivity contribution >= 4 is 11.3 Å². The molecule has 0 saturated carbocycles. The molecule has 0 fully saturated rings. The number of rotatable bonds is 7. The summed E-state index contributed by atoms with van der Waals surface area (Å²) in [5, 5.41) is 3.55. The van der Waals surface area contributed by atoms with E-state index in [1.165, 1.54) is 17.7 Å².